The van der Waals surface area contributed by atoms with Crippen LogP contribution in [0.4, 0.5) is 0 Å². The lowest BCUT2D eigenvalue weighted by Gasteiger charge is -2.31. The smallest absolute Gasteiger partial charge is 0.0238 e. The standard InChI is InChI=1S/C15H24ClN/c1-12-7-5-6-8-13(12)11-17-14(9-10-16)15(2,3)4/h5-8,14,17H,9-11H2,1-4H3. The Morgan fingerprint density at radius 3 is 2.41 bits per heavy atom. The van der Waals surface area contributed by atoms with Gasteiger partial charge in [0.1, 0.15) is 0 Å². The SMILES string of the molecule is Cc1ccccc1CNC(CCCl)C(C)(C)C. The van der Waals surface area contributed by atoms with E-state index >= 15 is 0 Å². The maximum atomic E-state index is 5.88. The number of hydrogen-bond donors (Lipinski definition) is 1. The second-order valence-electron chi connectivity index (χ2n) is 5.70. The number of halogens is 1. The minimum atomic E-state index is 0.248. The van der Waals surface area contributed by atoms with Crippen molar-refractivity contribution in [1.82, 2.24) is 5.32 Å². The van der Waals surface area contributed by atoms with E-state index in [1.54, 1.807) is 0 Å². The Kier molecular flexibility index (Phi) is 5.48. The molecule has 0 aliphatic rings. The molecule has 0 bridgehead atoms. The van der Waals surface area contributed by atoms with Crippen LogP contribution >= 0.6 is 11.6 Å². The fourth-order valence-electron chi connectivity index (χ4n) is 1.99. The highest BCUT2D eigenvalue weighted by atomic mass is 35.5. The van der Waals surface area contributed by atoms with E-state index in [-0.39, 0.29) is 5.41 Å². The van der Waals surface area contributed by atoms with E-state index in [2.05, 4.69) is 57.3 Å². The molecule has 0 aliphatic heterocycles. The third-order valence-electron chi connectivity index (χ3n) is 3.24. The molecule has 1 aromatic rings. The zero-order valence-corrected chi connectivity index (χ0v) is 12.1. The third-order valence-corrected chi connectivity index (χ3v) is 3.46. The summed E-state index contributed by atoms with van der Waals surface area (Å²) in [5.74, 6) is 0.711. The van der Waals surface area contributed by atoms with Gasteiger partial charge in [0, 0.05) is 18.5 Å². The van der Waals surface area contributed by atoms with E-state index in [0.717, 1.165) is 13.0 Å². The molecule has 0 heterocycles. The zero-order chi connectivity index (χ0) is 12.9. The first-order chi connectivity index (χ1) is 7.95. The van der Waals surface area contributed by atoms with Crippen LogP contribution in [-0.2, 0) is 6.54 Å². The van der Waals surface area contributed by atoms with Crippen LogP contribution in [0.5, 0.6) is 0 Å². The van der Waals surface area contributed by atoms with Crippen molar-refractivity contribution in [1.29, 1.82) is 0 Å². The number of hydrogen-bond acceptors (Lipinski definition) is 1. The first kappa shape index (κ1) is 14.5. The molecule has 0 fully saturated rings. The Morgan fingerprint density at radius 1 is 1.24 bits per heavy atom. The maximum absolute atomic E-state index is 5.88. The summed E-state index contributed by atoms with van der Waals surface area (Å²) in [6.45, 7) is 9.86. The number of benzene rings is 1. The van der Waals surface area contributed by atoms with Crippen molar-refractivity contribution in [2.45, 2.75) is 46.7 Å². The van der Waals surface area contributed by atoms with Gasteiger partial charge in [0.2, 0.25) is 0 Å². The number of rotatable bonds is 5. The van der Waals surface area contributed by atoms with E-state index in [0.29, 0.717) is 11.9 Å². The molecule has 1 rings (SSSR count). The molecule has 0 aliphatic carbocycles. The van der Waals surface area contributed by atoms with E-state index in [1.807, 2.05) is 0 Å². The maximum Gasteiger partial charge on any atom is 0.0238 e. The molecule has 0 spiro atoms. The second-order valence-corrected chi connectivity index (χ2v) is 6.08. The number of aryl methyl sites for hydroxylation is 1. The van der Waals surface area contributed by atoms with Crippen molar-refractivity contribution in [3.8, 4) is 0 Å². The van der Waals surface area contributed by atoms with Crippen LogP contribution in [-0.4, -0.2) is 11.9 Å². The summed E-state index contributed by atoms with van der Waals surface area (Å²) in [6, 6.07) is 8.98. The number of alkyl halides is 1. The summed E-state index contributed by atoms with van der Waals surface area (Å²) >= 11 is 5.88. The van der Waals surface area contributed by atoms with Crippen LogP contribution in [0, 0.1) is 12.3 Å². The van der Waals surface area contributed by atoms with Gasteiger partial charge in [0.05, 0.1) is 0 Å². The van der Waals surface area contributed by atoms with Crippen molar-refractivity contribution in [2.75, 3.05) is 5.88 Å². The van der Waals surface area contributed by atoms with Gasteiger partial charge in [-0.3, -0.25) is 0 Å². The Bertz CT molecular complexity index is 341. The van der Waals surface area contributed by atoms with Gasteiger partial charge >= 0.3 is 0 Å². The lowest BCUT2D eigenvalue weighted by atomic mass is 9.85. The quantitative estimate of drug-likeness (QED) is 0.779. The molecule has 1 aromatic carbocycles. The molecule has 2 heteroatoms. The summed E-state index contributed by atoms with van der Waals surface area (Å²) in [7, 11) is 0. The molecule has 1 unspecified atom stereocenters. The minimum absolute atomic E-state index is 0.248. The van der Waals surface area contributed by atoms with Gasteiger partial charge < -0.3 is 5.32 Å². The third kappa shape index (κ3) is 4.69. The van der Waals surface area contributed by atoms with Crippen molar-refractivity contribution >= 4 is 11.6 Å². The van der Waals surface area contributed by atoms with Crippen LogP contribution in [0.2, 0.25) is 0 Å². The molecular formula is C15H24ClN. The highest BCUT2D eigenvalue weighted by molar-refractivity contribution is 6.17. The summed E-state index contributed by atoms with van der Waals surface area (Å²) in [5.41, 5.74) is 2.97. The van der Waals surface area contributed by atoms with Crippen molar-refractivity contribution in [3.63, 3.8) is 0 Å². The number of nitrogens with one attached hydrogen (secondary N) is 1. The van der Waals surface area contributed by atoms with Gasteiger partial charge in [-0.15, -0.1) is 11.6 Å². The minimum Gasteiger partial charge on any atom is -0.309 e. The topological polar surface area (TPSA) is 12.0 Å². The fourth-order valence-corrected chi connectivity index (χ4v) is 2.21. The van der Waals surface area contributed by atoms with Crippen molar-refractivity contribution < 1.29 is 0 Å². The van der Waals surface area contributed by atoms with E-state index in [1.165, 1.54) is 11.1 Å². The van der Waals surface area contributed by atoms with E-state index < -0.39 is 0 Å². The highest BCUT2D eigenvalue weighted by Gasteiger charge is 2.23. The zero-order valence-electron chi connectivity index (χ0n) is 11.4. The van der Waals surface area contributed by atoms with Gasteiger partial charge in [-0.25, -0.2) is 0 Å². The molecule has 0 saturated carbocycles. The summed E-state index contributed by atoms with van der Waals surface area (Å²) in [4.78, 5) is 0. The summed E-state index contributed by atoms with van der Waals surface area (Å²) in [6.07, 6.45) is 1.01. The molecule has 0 aromatic heterocycles. The van der Waals surface area contributed by atoms with Gasteiger partial charge in [-0.2, -0.15) is 0 Å². The van der Waals surface area contributed by atoms with Gasteiger partial charge in [0.25, 0.3) is 0 Å². The Morgan fingerprint density at radius 2 is 1.88 bits per heavy atom. The first-order valence-electron chi connectivity index (χ1n) is 6.29. The van der Waals surface area contributed by atoms with Crippen LogP contribution in [0.3, 0.4) is 0 Å². The average molecular weight is 254 g/mol. The lowest BCUT2D eigenvalue weighted by Crippen LogP contribution is -2.40. The molecule has 1 nitrogen and oxygen atoms in total. The Labute approximate surface area is 111 Å². The molecule has 0 amide bonds. The Balaban J connectivity index is 2.61. The van der Waals surface area contributed by atoms with E-state index in [9.17, 15) is 0 Å². The molecule has 1 atom stereocenters. The molecular weight excluding hydrogens is 230 g/mol. The molecule has 96 valence electrons. The summed E-state index contributed by atoms with van der Waals surface area (Å²) < 4.78 is 0. The highest BCUT2D eigenvalue weighted by Crippen LogP contribution is 2.22. The Hall–Kier alpha value is -0.530. The van der Waals surface area contributed by atoms with Crippen LogP contribution in [0.25, 0.3) is 0 Å². The second kappa shape index (κ2) is 6.42. The predicted octanol–water partition coefficient (Wildman–Crippen LogP) is 4.13. The van der Waals surface area contributed by atoms with Gasteiger partial charge in [-0.1, -0.05) is 45.0 Å². The molecule has 0 radical (unpaired) electrons. The van der Waals surface area contributed by atoms with E-state index in [4.69, 9.17) is 11.6 Å². The lowest BCUT2D eigenvalue weighted by molar-refractivity contribution is 0.260. The molecule has 17 heavy (non-hydrogen) atoms. The van der Waals surface area contributed by atoms with Crippen LogP contribution < -0.4 is 5.32 Å². The van der Waals surface area contributed by atoms with Gasteiger partial charge in [-0.05, 0) is 29.9 Å². The molecule has 1 N–H and O–H groups in total. The van der Waals surface area contributed by atoms with Crippen LogP contribution in [0.1, 0.15) is 38.3 Å². The monoisotopic (exact) mass is 253 g/mol. The largest absolute Gasteiger partial charge is 0.309 e. The van der Waals surface area contributed by atoms with Crippen LogP contribution in [0.15, 0.2) is 24.3 Å². The fraction of sp³-hybridized carbons (Fsp3) is 0.600. The average Bonchev–Trinajstić information content (AvgIpc) is 2.24. The van der Waals surface area contributed by atoms with Crippen molar-refractivity contribution in [3.05, 3.63) is 35.4 Å². The first-order valence-corrected chi connectivity index (χ1v) is 6.82. The summed E-state index contributed by atoms with van der Waals surface area (Å²) in [5, 5.41) is 3.63. The predicted molar refractivity (Wildman–Crippen MR) is 76.6 cm³/mol. The van der Waals surface area contributed by atoms with Crippen molar-refractivity contribution in [2.24, 2.45) is 5.41 Å². The molecule has 0 saturated heterocycles. The van der Waals surface area contributed by atoms with Gasteiger partial charge in [0.15, 0.2) is 0 Å². The normalized spacial score (nSPS) is 13.7.